The molecule has 0 bridgehead atoms. The second-order valence-electron chi connectivity index (χ2n) is 6.44. The average molecular weight is 397 g/mol. The standard InChI is InChI=1S/C13H29B2O8P2/c1-5-11(3)7-8-21-25(19,20)23-13(4,6-2)9-12(15-14)10-22-24(16,17)18/h11-12H,5-10H2,1-4H3,(H,19,20)(H2,16,17,18). The van der Waals surface area contributed by atoms with Gasteiger partial charge in [0.05, 0.1) is 26.0 Å². The van der Waals surface area contributed by atoms with Gasteiger partial charge in [-0.3, -0.25) is 13.6 Å². The maximum absolute atomic E-state index is 12.2. The summed E-state index contributed by atoms with van der Waals surface area (Å²) in [5, 5.41) is 0. The Labute approximate surface area is 152 Å². The zero-order valence-corrected chi connectivity index (χ0v) is 17.1. The molecule has 25 heavy (non-hydrogen) atoms. The van der Waals surface area contributed by atoms with E-state index in [1.54, 1.807) is 13.8 Å². The summed E-state index contributed by atoms with van der Waals surface area (Å²) in [5.74, 6) is -0.198. The van der Waals surface area contributed by atoms with Crippen molar-refractivity contribution in [1.82, 2.24) is 0 Å². The van der Waals surface area contributed by atoms with E-state index in [0.29, 0.717) is 18.8 Å². The Morgan fingerprint density at radius 3 is 2.24 bits per heavy atom. The molecule has 3 radical (unpaired) electrons. The topological polar surface area (TPSA) is 123 Å². The van der Waals surface area contributed by atoms with E-state index >= 15 is 0 Å². The van der Waals surface area contributed by atoms with Gasteiger partial charge in [0.1, 0.15) is 0 Å². The second-order valence-corrected chi connectivity index (χ2v) is 9.06. The lowest BCUT2D eigenvalue weighted by atomic mass is 9.46. The van der Waals surface area contributed by atoms with Crippen molar-refractivity contribution in [2.75, 3.05) is 13.2 Å². The molecule has 145 valence electrons. The van der Waals surface area contributed by atoms with Gasteiger partial charge in [-0.15, -0.1) is 0 Å². The first-order valence-electron chi connectivity index (χ1n) is 8.29. The lowest BCUT2D eigenvalue weighted by Gasteiger charge is -2.33. The summed E-state index contributed by atoms with van der Waals surface area (Å²) in [6, 6.07) is 0. The summed E-state index contributed by atoms with van der Waals surface area (Å²) >= 11 is 0. The monoisotopic (exact) mass is 397 g/mol. The van der Waals surface area contributed by atoms with E-state index in [9.17, 15) is 14.0 Å². The summed E-state index contributed by atoms with van der Waals surface area (Å²) in [4.78, 5) is 27.5. The van der Waals surface area contributed by atoms with Gasteiger partial charge in [0.25, 0.3) is 0 Å². The van der Waals surface area contributed by atoms with Crippen LogP contribution in [0.15, 0.2) is 0 Å². The summed E-state index contributed by atoms with van der Waals surface area (Å²) in [6.07, 6.45) is 2.09. The van der Waals surface area contributed by atoms with E-state index in [1.807, 2.05) is 13.8 Å². The Morgan fingerprint density at radius 1 is 1.20 bits per heavy atom. The number of phosphoric ester groups is 2. The van der Waals surface area contributed by atoms with Crippen molar-refractivity contribution >= 4 is 30.6 Å². The van der Waals surface area contributed by atoms with Crippen molar-refractivity contribution in [3.05, 3.63) is 0 Å². The maximum Gasteiger partial charge on any atom is 0.472 e. The van der Waals surface area contributed by atoms with Crippen LogP contribution < -0.4 is 0 Å². The van der Waals surface area contributed by atoms with Crippen molar-refractivity contribution in [3.8, 4) is 0 Å². The molecule has 0 aromatic carbocycles. The zero-order chi connectivity index (χ0) is 19.7. The smallest absolute Gasteiger partial charge is 0.303 e. The highest BCUT2D eigenvalue weighted by Crippen LogP contribution is 2.50. The molecule has 4 unspecified atom stereocenters. The molecule has 0 aliphatic carbocycles. The molecule has 0 heterocycles. The van der Waals surface area contributed by atoms with E-state index in [4.69, 9.17) is 26.6 Å². The van der Waals surface area contributed by atoms with Crippen LogP contribution in [0.2, 0.25) is 5.82 Å². The molecule has 0 saturated carbocycles. The lowest BCUT2D eigenvalue weighted by molar-refractivity contribution is 0.0199. The molecule has 12 heteroatoms. The number of hydrogen-bond acceptors (Lipinski definition) is 5. The molecule has 0 aliphatic rings. The fraction of sp³-hybridized carbons (Fsp3) is 1.00. The summed E-state index contributed by atoms with van der Waals surface area (Å²) in [6.45, 7) is 7.20. The van der Waals surface area contributed by atoms with Crippen LogP contribution in [0.5, 0.6) is 0 Å². The Balaban J connectivity index is 4.72. The second kappa shape index (κ2) is 11.3. The molecular weight excluding hydrogens is 368 g/mol. The largest absolute Gasteiger partial charge is 0.472 e. The number of rotatable bonds is 14. The number of phosphoric acid groups is 2. The molecule has 0 aromatic heterocycles. The first kappa shape index (κ1) is 25.3. The van der Waals surface area contributed by atoms with Crippen molar-refractivity contribution < 1.29 is 37.4 Å². The van der Waals surface area contributed by atoms with Gasteiger partial charge >= 0.3 is 15.6 Å². The van der Waals surface area contributed by atoms with Crippen molar-refractivity contribution in [2.24, 2.45) is 5.92 Å². The van der Waals surface area contributed by atoms with Gasteiger partial charge in [-0.25, -0.2) is 9.13 Å². The Bertz CT molecular complexity index is 475. The quantitative estimate of drug-likeness (QED) is 0.302. The van der Waals surface area contributed by atoms with Gasteiger partial charge in [-0.05, 0) is 32.1 Å². The Hall–Kier alpha value is 0.350. The third kappa shape index (κ3) is 12.4. The van der Waals surface area contributed by atoms with Gasteiger partial charge in [0.15, 0.2) is 0 Å². The van der Waals surface area contributed by atoms with E-state index in [0.717, 1.165) is 6.42 Å². The Kier molecular flexibility index (Phi) is 11.4. The highest BCUT2D eigenvalue weighted by molar-refractivity contribution is 7.47. The summed E-state index contributed by atoms with van der Waals surface area (Å²) in [5.41, 5.74) is -1.07. The van der Waals surface area contributed by atoms with Crippen LogP contribution in [0.1, 0.15) is 53.4 Å². The first-order valence-corrected chi connectivity index (χ1v) is 11.3. The van der Waals surface area contributed by atoms with Crippen LogP contribution in [0.3, 0.4) is 0 Å². The SMILES string of the molecule is [B][B]C(COP(=O)(O)O)CC(C)(CC)OP(=O)(O)OCCC(C)CC. The molecule has 8 nitrogen and oxygen atoms in total. The minimum atomic E-state index is -4.62. The van der Waals surface area contributed by atoms with E-state index in [2.05, 4.69) is 4.52 Å². The maximum atomic E-state index is 12.2. The molecule has 0 rings (SSSR count). The molecule has 0 amide bonds. The van der Waals surface area contributed by atoms with Gasteiger partial charge in [-0.1, -0.05) is 33.0 Å². The third-order valence-corrected chi connectivity index (χ3v) is 5.73. The van der Waals surface area contributed by atoms with Gasteiger partial charge in [0, 0.05) is 7.74 Å². The predicted molar refractivity (Wildman–Crippen MR) is 97.5 cm³/mol. The van der Waals surface area contributed by atoms with Gasteiger partial charge < -0.3 is 14.7 Å². The van der Waals surface area contributed by atoms with Crippen molar-refractivity contribution in [1.29, 1.82) is 0 Å². The first-order chi connectivity index (χ1) is 11.4. The molecule has 3 N–H and O–H groups in total. The average Bonchev–Trinajstić information content (AvgIpc) is 2.49. The fourth-order valence-corrected chi connectivity index (χ4v) is 3.59. The van der Waals surface area contributed by atoms with E-state index in [1.165, 1.54) is 7.17 Å². The highest BCUT2D eigenvalue weighted by atomic mass is 31.2. The molecular formula is C13H29B2O8P2. The van der Waals surface area contributed by atoms with E-state index in [-0.39, 0.29) is 19.6 Å². The Morgan fingerprint density at radius 2 is 1.80 bits per heavy atom. The van der Waals surface area contributed by atoms with Gasteiger partial charge in [0.2, 0.25) is 0 Å². The molecule has 0 saturated heterocycles. The minimum Gasteiger partial charge on any atom is -0.303 e. The van der Waals surface area contributed by atoms with Crippen LogP contribution in [0.25, 0.3) is 0 Å². The van der Waals surface area contributed by atoms with Crippen LogP contribution >= 0.6 is 15.6 Å². The molecule has 0 aliphatic heterocycles. The fourth-order valence-electron chi connectivity index (χ4n) is 2.05. The molecule has 0 spiro atoms. The van der Waals surface area contributed by atoms with Crippen molar-refractivity contribution in [3.63, 3.8) is 0 Å². The van der Waals surface area contributed by atoms with E-state index < -0.39 is 27.1 Å². The van der Waals surface area contributed by atoms with Gasteiger partial charge in [-0.2, -0.15) is 0 Å². The van der Waals surface area contributed by atoms with Crippen LogP contribution in [-0.4, -0.2) is 48.4 Å². The van der Waals surface area contributed by atoms with Crippen LogP contribution in [0.4, 0.5) is 0 Å². The normalized spacial score (nSPS) is 19.6. The number of hydrogen-bond donors (Lipinski definition) is 3. The zero-order valence-electron chi connectivity index (χ0n) is 15.3. The molecule has 0 fully saturated rings. The van der Waals surface area contributed by atoms with Crippen molar-refractivity contribution in [2.45, 2.75) is 64.8 Å². The van der Waals surface area contributed by atoms with Crippen LogP contribution in [0, 0.1) is 5.92 Å². The molecule has 4 atom stereocenters. The third-order valence-electron chi connectivity index (χ3n) is 4.07. The predicted octanol–water partition coefficient (Wildman–Crippen LogP) is 2.80. The molecule has 0 aromatic rings. The summed E-state index contributed by atoms with van der Waals surface area (Å²) in [7, 11) is -2.18. The highest BCUT2D eigenvalue weighted by Gasteiger charge is 2.36. The minimum absolute atomic E-state index is 0.107. The summed E-state index contributed by atoms with van der Waals surface area (Å²) < 4.78 is 37.7. The lowest BCUT2D eigenvalue weighted by Crippen LogP contribution is -2.31. The van der Waals surface area contributed by atoms with Crippen LogP contribution in [-0.2, 0) is 22.7 Å².